The van der Waals surface area contributed by atoms with E-state index in [0.29, 0.717) is 0 Å². The summed E-state index contributed by atoms with van der Waals surface area (Å²) in [6.45, 7) is 9.29. The van der Waals surface area contributed by atoms with Crippen LogP contribution in [0.15, 0.2) is 29.4 Å². The molecule has 2 aliphatic heterocycles. The lowest BCUT2D eigenvalue weighted by Gasteiger charge is -2.37. The Morgan fingerprint density at radius 1 is 1.21 bits per heavy atom. The number of fused-ring (bicyclic) bond motifs is 1. The highest BCUT2D eigenvalue weighted by Gasteiger charge is 2.32. The Morgan fingerprint density at radius 3 is 2.90 bits per heavy atom. The summed E-state index contributed by atoms with van der Waals surface area (Å²) in [5, 5.41) is 4.80. The number of rotatable bonds is 6. The van der Waals surface area contributed by atoms with E-state index in [9.17, 15) is 0 Å². The molecule has 1 aromatic carbocycles. The van der Waals surface area contributed by atoms with Gasteiger partial charge in [0.15, 0.2) is 5.96 Å². The van der Waals surface area contributed by atoms with Gasteiger partial charge in [0, 0.05) is 49.9 Å². The highest BCUT2D eigenvalue weighted by Crippen LogP contribution is 2.23. The topological polar surface area (TPSA) is 61.9 Å². The standard InChI is InChI=1S/C23H34N4O2/c1-3-17-7-5-8-19-18(15-26-22(17)19)10-11-25-23(24-4-2)27-12-14-29-21(16-27)20-9-6-13-28-20/h5,7-8,15,20-21,26H,3-4,6,9-14,16H2,1-2H3,(H,24,25). The van der Waals surface area contributed by atoms with Crippen molar-refractivity contribution in [2.75, 3.05) is 39.4 Å². The zero-order valence-corrected chi connectivity index (χ0v) is 17.7. The third kappa shape index (κ3) is 4.59. The lowest BCUT2D eigenvalue weighted by atomic mass is 10.1. The van der Waals surface area contributed by atoms with Crippen molar-refractivity contribution >= 4 is 16.9 Å². The molecular weight excluding hydrogens is 364 g/mol. The molecule has 2 unspecified atom stereocenters. The molecular formula is C23H34N4O2. The number of morpholine rings is 1. The number of ether oxygens (including phenoxy) is 2. The van der Waals surface area contributed by atoms with Crippen molar-refractivity contribution in [1.29, 1.82) is 0 Å². The number of nitrogens with zero attached hydrogens (tertiary/aromatic N) is 2. The molecule has 0 bridgehead atoms. The second-order valence-electron chi connectivity index (χ2n) is 7.90. The molecule has 3 heterocycles. The van der Waals surface area contributed by atoms with Gasteiger partial charge in [-0.1, -0.05) is 25.1 Å². The van der Waals surface area contributed by atoms with Crippen LogP contribution >= 0.6 is 0 Å². The van der Waals surface area contributed by atoms with Gasteiger partial charge in [-0.25, -0.2) is 0 Å². The molecule has 2 fully saturated rings. The van der Waals surface area contributed by atoms with Gasteiger partial charge in [-0.3, -0.25) is 4.99 Å². The molecule has 2 atom stereocenters. The first-order chi connectivity index (χ1) is 14.3. The van der Waals surface area contributed by atoms with Gasteiger partial charge < -0.3 is 24.7 Å². The molecule has 158 valence electrons. The SMILES string of the molecule is CCNC(=NCCc1c[nH]c2c(CC)cccc12)N1CCOC(C2CCCO2)C1. The highest BCUT2D eigenvalue weighted by atomic mass is 16.5. The number of hydrogen-bond donors (Lipinski definition) is 2. The summed E-state index contributed by atoms with van der Waals surface area (Å²) < 4.78 is 11.9. The third-order valence-electron chi connectivity index (χ3n) is 6.02. The fourth-order valence-electron chi connectivity index (χ4n) is 4.47. The summed E-state index contributed by atoms with van der Waals surface area (Å²) >= 11 is 0. The smallest absolute Gasteiger partial charge is 0.194 e. The predicted molar refractivity (Wildman–Crippen MR) is 118 cm³/mol. The van der Waals surface area contributed by atoms with E-state index in [2.05, 4.69) is 53.4 Å². The van der Waals surface area contributed by atoms with E-state index in [1.54, 1.807) is 0 Å². The highest BCUT2D eigenvalue weighted by molar-refractivity contribution is 5.86. The molecule has 1 aromatic heterocycles. The second-order valence-corrected chi connectivity index (χ2v) is 7.90. The molecule has 0 spiro atoms. The molecule has 2 N–H and O–H groups in total. The number of nitrogens with one attached hydrogen (secondary N) is 2. The van der Waals surface area contributed by atoms with E-state index < -0.39 is 0 Å². The Morgan fingerprint density at radius 2 is 2.10 bits per heavy atom. The van der Waals surface area contributed by atoms with Crippen LogP contribution in [0.3, 0.4) is 0 Å². The summed E-state index contributed by atoms with van der Waals surface area (Å²) in [4.78, 5) is 10.7. The average molecular weight is 399 g/mol. The third-order valence-corrected chi connectivity index (χ3v) is 6.02. The van der Waals surface area contributed by atoms with E-state index in [1.807, 2.05) is 0 Å². The number of aryl methyl sites for hydroxylation is 1. The molecule has 29 heavy (non-hydrogen) atoms. The minimum Gasteiger partial charge on any atom is -0.375 e. The second kappa shape index (κ2) is 9.63. The minimum atomic E-state index is 0.149. The predicted octanol–water partition coefficient (Wildman–Crippen LogP) is 3.12. The van der Waals surface area contributed by atoms with E-state index in [1.165, 1.54) is 22.0 Å². The summed E-state index contributed by atoms with van der Waals surface area (Å²) in [5.74, 6) is 0.993. The molecule has 6 heteroatoms. The van der Waals surface area contributed by atoms with E-state index >= 15 is 0 Å². The normalized spacial score (nSPS) is 23.1. The quantitative estimate of drug-likeness (QED) is 0.580. The number of aromatic nitrogens is 1. The van der Waals surface area contributed by atoms with Gasteiger partial charge in [0.1, 0.15) is 6.10 Å². The summed E-state index contributed by atoms with van der Waals surface area (Å²) in [6.07, 6.45) is 6.75. The van der Waals surface area contributed by atoms with Crippen LogP contribution in [0, 0.1) is 0 Å². The molecule has 0 amide bonds. The van der Waals surface area contributed by atoms with Crippen LogP contribution in [0.5, 0.6) is 0 Å². The fraction of sp³-hybridized carbons (Fsp3) is 0.609. The molecule has 2 aromatic rings. The zero-order chi connectivity index (χ0) is 20.1. The lowest BCUT2D eigenvalue weighted by Crippen LogP contribution is -2.53. The van der Waals surface area contributed by atoms with E-state index in [0.717, 1.165) is 71.0 Å². The fourth-order valence-corrected chi connectivity index (χ4v) is 4.47. The Kier molecular flexibility index (Phi) is 6.72. The summed E-state index contributed by atoms with van der Waals surface area (Å²) in [7, 11) is 0. The van der Waals surface area contributed by atoms with Crippen LogP contribution in [0.4, 0.5) is 0 Å². The maximum Gasteiger partial charge on any atom is 0.194 e. The van der Waals surface area contributed by atoms with Gasteiger partial charge in [-0.2, -0.15) is 0 Å². The lowest BCUT2D eigenvalue weighted by molar-refractivity contribution is -0.0817. The Balaban J connectivity index is 1.42. The number of hydrogen-bond acceptors (Lipinski definition) is 3. The van der Waals surface area contributed by atoms with Crippen LogP contribution < -0.4 is 5.32 Å². The van der Waals surface area contributed by atoms with Crippen molar-refractivity contribution in [2.45, 2.75) is 51.7 Å². The van der Waals surface area contributed by atoms with E-state index in [-0.39, 0.29) is 12.2 Å². The first kappa shape index (κ1) is 20.2. The maximum absolute atomic E-state index is 6.00. The van der Waals surface area contributed by atoms with Crippen LogP contribution in [0.25, 0.3) is 10.9 Å². The van der Waals surface area contributed by atoms with Gasteiger partial charge in [0.05, 0.1) is 12.7 Å². The number of benzene rings is 1. The monoisotopic (exact) mass is 398 g/mol. The van der Waals surface area contributed by atoms with Gasteiger partial charge in [0.2, 0.25) is 0 Å². The Hall–Kier alpha value is -2.05. The minimum absolute atomic E-state index is 0.149. The van der Waals surface area contributed by atoms with Crippen molar-refractivity contribution in [3.63, 3.8) is 0 Å². The van der Waals surface area contributed by atoms with Crippen LogP contribution in [-0.4, -0.2) is 67.4 Å². The Bertz CT molecular complexity index is 825. The number of aromatic amines is 1. The molecule has 6 nitrogen and oxygen atoms in total. The molecule has 0 saturated carbocycles. The molecule has 0 aliphatic carbocycles. The van der Waals surface area contributed by atoms with Crippen molar-refractivity contribution in [3.05, 3.63) is 35.5 Å². The van der Waals surface area contributed by atoms with Crippen LogP contribution in [0.1, 0.15) is 37.8 Å². The maximum atomic E-state index is 6.00. The number of aliphatic imine (C=N–C) groups is 1. The Labute approximate surface area is 173 Å². The van der Waals surface area contributed by atoms with Crippen molar-refractivity contribution in [2.24, 2.45) is 4.99 Å². The first-order valence-corrected chi connectivity index (χ1v) is 11.1. The molecule has 4 rings (SSSR count). The number of H-pyrrole nitrogens is 1. The number of guanidine groups is 1. The van der Waals surface area contributed by atoms with Crippen molar-refractivity contribution < 1.29 is 9.47 Å². The van der Waals surface area contributed by atoms with Crippen molar-refractivity contribution in [3.8, 4) is 0 Å². The first-order valence-electron chi connectivity index (χ1n) is 11.1. The molecule has 2 saturated heterocycles. The average Bonchev–Trinajstić information content (AvgIpc) is 3.43. The van der Waals surface area contributed by atoms with Gasteiger partial charge in [0.25, 0.3) is 0 Å². The van der Waals surface area contributed by atoms with Gasteiger partial charge in [-0.15, -0.1) is 0 Å². The molecule has 2 aliphatic rings. The summed E-state index contributed by atoms with van der Waals surface area (Å²) in [6, 6.07) is 6.57. The number of para-hydroxylation sites is 1. The van der Waals surface area contributed by atoms with Crippen LogP contribution in [0.2, 0.25) is 0 Å². The van der Waals surface area contributed by atoms with Crippen LogP contribution in [-0.2, 0) is 22.3 Å². The van der Waals surface area contributed by atoms with E-state index in [4.69, 9.17) is 14.5 Å². The van der Waals surface area contributed by atoms with Crippen molar-refractivity contribution in [1.82, 2.24) is 15.2 Å². The summed E-state index contributed by atoms with van der Waals surface area (Å²) in [5.41, 5.74) is 3.99. The zero-order valence-electron chi connectivity index (χ0n) is 17.7. The largest absolute Gasteiger partial charge is 0.375 e. The molecule has 0 radical (unpaired) electrons. The van der Waals surface area contributed by atoms with Gasteiger partial charge in [-0.05, 0) is 43.7 Å². The van der Waals surface area contributed by atoms with Gasteiger partial charge >= 0.3 is 0 Å².